The van der Waals surface area contributed by atoms with Gasteiger partial charge in [0.05, 0.1) is 5.69 Å². The number of pyridine rings is 1. The summed E-state index contributed by atoms with van der Waals surface area (Å²) in [6.45, 7) is 1.58. The predicted molar refractivity (Wildman–Crippen MR) is 48.3 cm³/mol. The lowest BCUT2D eigenvalue weighted by atomic mass is 9.98. The minimum absolute atomic E-state index is 0.505. The topological polar surface area (TPSA) is 62.2 Å². The third kappa shape index (κ3) is 1.67. The van der Waals surface area contributed by atoms with Gasteiger partial charge in [-0.1, -0.05) is 6.07 Å². The van der Waals surface area contributed by atoms with Gasteiger partial charge in [0.15, 0.2) is 5.54 Å². The molecule has 0 saturated carbocycles. The van der Waals surface area contributed by atoms with Crippen LogP contribution in [0.5, 0.6) is 0 Å². The Hall–Kier alpha value is -1.42. The average Bonchev–Trinajstić information content (AvgIpc) is 2.17. The molecule has 0 aliphatic rings. The Kier molecular flexibility index (Phi) is 2.63. The summed E-state index contributed by atoms with van der Waals surface area (Å²) >= 11 is 0. The summed E-state index contributed by atoms with van der Waals surface area (Å²) in [6.07, 6.45) is 1.58. The first-order chi connectivity index (χ1) is 6.11. The molecule has 1 heterocycles. The molecule has 1 atom stereocenters. The first-order valence-electron chi connectivity index (χ1n) is 3.95. The van der Waals surface area contributed by atoms with Gasteiger partial charge in [-0.25, -0.2) is 4.79 Å². The number of aliphatic carboxylic acids is 1. The Balaban J connectivity index is 3.11. The molecule has 0 spiro atoms. The van der Waals surface area contributed by atoms with Crippen LogP contribution in [0.1, 0.15) is 12.6 Å². The van der Waals surface area contributed by atoms with Crippen molar-refractivity contribution in [2.24, 2.45) is 0 Å². The van der Waals surface area contributed by atoms with Crippen molar-refractivity contribution in [1.82, 2.24) is 10.3 Å². The van der Waals surface area contributed by atoms with E-state index >= 15 is 0 Å². The second kappa shape index (κ2) is 3.53. The van der Waals surface area contributed by atoms with Crippen molar-refractivity contribution in [1.29, 1.82) is 0 Å². The van der Waals surface area contributed by atoms with E-state index in [-0.39, 0.29) is 0 Å². The largest absolute Gasteiger partial charge is 0.480 e. The highest BCUT2D eigenvalue weighted by Gasteiger charge is 2.34. The summed E-state index contributed by atoms with van der Waals surface area (Å²) in [4.78, 5) is 14.9. The molecule has 0 amide bonds. The van der Waals surface area contributed by atoms with Gasteiger partial charge >= 0.3 is 5.97 Å². The fourth-order valence-electron chi connectivity index (χ4n) is 1.00. The molecule has 1 unspecified atom stereocenters. The second-order valence-electron chi connectivity index (χ2n) is 2.90. The first kappa shape index (κ1) is 9.67. The van der Waals surface area contributed by atoms with Gasteiger partial charge in [0.25, 0.3) is 0 Å². The Labute approximate surface area is 76.6 Å². The number of carboxylic acid groups (broad SMARTS) is 1. The molecule has 0 radical (unpaired) electrons. The summed E-state index contributed by atoms with van der Waals surface area (Å²) < 4.78 is 0. The van der Waals surface area contributed by atoms with Crippen LogP contribution in [-0.4, -0.2) is 23.1 Å². The predicted octanol–water partition coefficient (Wildman–Crippen LogP) is 0.601. The van der Waals surface area contributed by atoms with Crippen molar-refractivity contribution in [3.63, 3.8) is 0 Å². The molecule has 70 valence electrons. The number of carbonyl (C=O) groups is 1. The Bertz CT molecular complexity index is 300. The minimum atomic E-state index is -1.11. The second-order valence-corrected chi connectivity index (χ2v) is 2.90. The molecular formula is C9H12N2O2. The maximum atomic E-state index is 11.0. The van der Waals surface area contributed by atoms with Gasteiger partial charge in [0.1, 0.15) is 0 Å². The van der Waals surface area contributed by atoms with Crippen molar-refractivity contribution in [3.8, 4) is 0 Å². The molecular weight excluding hydrogens is 168 g/mol. The minimum Gasteiger partial charge on any atom is -0.480 e. The maximum absolute atomic E-state index is 11.0. The van der Waals surface area contributed by atoms with Crippen LogP contribution in [0, 0.1) is 0 Å². The number of carboxylic acids is 1. The smallest absolute Gasteiger partial charge is 0.329 e. The molecule has 0 fully saturated rings. The summed E-state index contributed by atoms with van der Waals surface area (Å²) in [5.74, 6) is -0.936. The monoisotopic (exact) mass is 180 g/mol. The molecule has 1 aromatic rings. The molecule has 13 heavy (non-hydrogen) atoms. The van der Waals surface area contributed by atoms with E-state index in [1.165, 1.54) is 0 Å². The van der Waals surface area contributed by atoms with Crippen LogP contribution in [-0.2, 0) is 10.3 Å². The standard InChI is InChI=1S/C9H12N2O2/c1-9(10-2,8(12)13)7-5-3-4-6-11-7/h3-6,10H,1-2H3,(H,12,13). The molecule has 2 N–H and O–H groups in total. The van der Waals surface area contributed by atoms with E-state index in [1.54, 1.807) is 38.4 Å². The fraction of sp³-hybridized carbons (Fsp3) is 0.333. The number of aromatic nitrogens is 1. The van der Waals surface area contributed by atoms with Crippen molar-refractivity contribution >= 4 is 5.97 Å². The highest BCUT2D eigenvalue weighted by Crippen LogP contribution is 2.17. The average molecular weight is 180 g/mol. The molecule has 4 nitrogen and oxygen atoms in total. The van der Waals surface area contributed by atoms with Gasteiger partial charge in [-0.05, 0) is 26.1 Å². The van der Waals surface area contributed by atoms with Crippen molar-refractivity contribution < 1.29 is 9.90 Å². The third-order valence-corrected chi connectivity index (χ3v) is 2.10. The van der Waals surface area contributed by atoms with E-state index < -0.39 is 11.5 Å². The third-order valence-electron chi connectivity index (χ3n) is 2.10. The number of nitrogens with one attached hydrogen (secondary N) is 1. The zero-order valence-corrected chi connectivity index (χ0v) is 7.61. The fourth-order valence-corrected chi connectivity index (χ4v) is 1.00. The first-order valence-corrected chi connectivity index (χ1v) is 3.95. The van der Waals surface area contributed by atoms with Crippen LogP contribution < -0.4 is 5.32 Å². The van der Waals surface area contributed by atoms with Gasteiger partial charge in [-0.3, -0.25) is 4.98 Å². The highest BCUT2D eigenvalue weighted by atomic mass is 16.4. The summed E-state index contributed by atoms with van der Waals surface area (Å²) in [5, 5.41) is 11.7. The molecule has 4 heteroatoms. The van der Waals surface area contributed by atoms with Gasteiger partial charge in [-0.15, -0.1) is 0 Å². The summed E-state index contributed by atoms with van der Waals surface area (Å²) in [5.41, 5.74) is -0.605. The van der Waals surface area contributed by atoms with Crippen molar-refractivity contribution in [2.45, 2.75) is 12.5 Å². The number of nitrogens with zero attached hydrogens (tertiary/aromatic N) is 1. The molecule has 0 aliphatic heterocycles. The molecule has 0 aromatic carbocycles. The summed E-state index contributed by atoms with van der Waals surface area (Å²) in [6, 6.07) is 5.20. The van der Waals surface area contributed by atoms with E-state index in [1.807, 2.05) is 0 Å². The Morgan fingerprint density at radius 3 is 2.69 bits per heavy atom. The zero-order chi connectivity index (χ0) is 9.90. The van der Waals surface area contributed by atoms with E-state index in [0.29, 0.717) is 5.69 Å². The Morgan fingerprint density at radius 2 is 2.31 bits per heavy atom. The number of rotatable bonds is 3. The van der Waals surface area contributed by atoms with Gasteiger partial charge in [0.2, 0.25) is 0 Å². The van der Waals surface area contributed by atoms with Crippen LogP contribution in [0.25, 0.3) is 0 Å². The lowest BCUT2D eigenvalue weighted by molar-refractivity contribution is -0.144. The van der Waals surface area contributed by atoms with Crippen LogP contribution in [0.4, 0.5) is 0 Å². The number of hydrogen-bond donors (Lipinski definition) is 2. The van der Waals surface area contributed by atoms with Gasteiger partial charge in [-0.2, -0.15) is 0 Å². The van der Waals surface area contributed by atoms with Gasteiger partial charge in [0, 0.05) is 6.20 Å². The summed E-state index contributed by atoms with van der Waals surface area (Å²) in [7, 11) is 1.60. The lowest BCUT2D eigenvalue weighted by Gasteiger charge is -2.22. The zero-order valence-electron chi connectivity index (χ0n) is 7.61. The van der Waals surface area contributed by atoms with Crippen molar-refractivity contribution in [3.05, 3.63) is 30.1 Å². The van der Waals surface area contributed by atoms with E-state index in [4.69, 9.17) is 5.11 Å². The van der Waals surface area contributed by atoms with E-state index in [9.17, 15) is 4.79 Å². The van der Waals surface area contributed by atoms with E-state index in [0.717, 1.165) is 0 Å². The van der Waals surface area contributed by atoms with Crippen LogP contribution in [0.2, 0.25) is 0 Å². The molecule has 0 bridgehead atoms. The Morgan fingerprint density at radius 1 is 1.62 bits per heavy atom. The molecule has 0 saturated heterocycles. The van der Waals surface area contributed by atoms with Gasteiger partial charge < -0.3 is 10.4 Å². The lowest BCUT2D eigenvalue weighted by Crippen LogP contribution is -2.45. The van der Waals surface area contributed by atoms with E-state index in [2.05, 4.69) is 10.3 Å². The number of hydrogen-bond acceptors (Lipinski definition) is 3. The van der Waals surface area contributed by atoms with Crippen molar-refractivity contribution in [2.75, 3.05) is 7.05 Å². The maximum Gasteiger partial charge on any atom is 0.329 e. The normalized spacial score (nSPS) is 14.9. The van der Waals surface area contributed by atoms with Crippen LogP contribution in [0.3, 0.4) is 0 Å². The van der Waals surface area contributed by atoms with Crippen LogP contribution >= 0.6 is 0 Å². The molecule has 0 aliphatic carbocycles. The SMILES string of the molecule is CNC(C)(C(=O)O)c1ccccn1. The molecule has 1 aromatic heterocycles. The number of likely N-dealkylation sites (N-methyl/N-ethyl adjacent to an activating group) is 1. The van der Waals surface area contributed by atoms with Crippen LogP contribution in [0.15, 0.2) is 24.4 Å². The quantitative estimate of drug-likeness (QED) is 0.715. The molecule has 1 rings (SSSR count). The highest BCUT2D eigenvalue weighted by molar-refractivity contribution is 5.79.